The molecule has 4 aliphatic heterocycles. The van der Waals surface area contributed by atoms with Gasteiger partial charge in [-0.3, -0.25) is 34.2 Å². The predicted octanol–water partition coefficient (Wildman–Crippen LogP) is 5.01. The fraction of sp³-hybridized carbons (Fsp3) is 0.325. The largest absolute Gasteiger partial charge is 0.494 e. The normalized spacial score (nSPS) is 20.6. The molecule has 53 heavy (non-hydrogen) atoms. The lowest BCUT2D eigenvalue weighted by molar-refractivity contribution is -0.136. The lowest BCUT2D eigenvalue weighted by Gasteiger charge is -2.45. The first-order valence-corrected chi connectivity index (χ1v) is 17.8. The maximum atomic E-state index is 13.7. The maximum Gasteiger partial charge on any atom is 0.262 e. The van der Waals surface area contributed by atoms with E-state index in [0.29, 0.717) is 36.7 Å². The molecule has 4 aliphatic rings. The Labute approximate surface area is 306 Å². The summed E-state index contributed by atoms with van der Waals surface area (Å²) in [6, 6.07) is 21.9. The lowest BCUT2D eigenvalue weighted by Crippen LogP contribution is -2.54. The highest BCUT2D eigenvalue weighted by atomic mass is 16.5. The van der Waals surface area contributed by atoms with Crippen LogP contribution in [-0.2, 0) is 28.2 Å². The van der Waals surface area contributed by atoms with Gasteiger partial charge in [-0.05, 0) is 91.8 Å². The van der Waals surface area contributed by atoms with Gasteiger partial charge in [-0.1, -0.05) is 31.2 Å². The lowest BCUT2D eigenvalue weighted by atomic mass is 9.81. The highest BCUT2D eigenvalue weighted by Gasteiger charge is 2.45. The third-order valence-electron chi connectivity index (χ3n) is 10.2. The Morgan fingerprint density at radius 2 is 1.75 bits per heavy atom. The first kappa shape index (κ1) is 35.5. The van der Waals surface area contributed by atoms with E-state index in [1.165, 1.54) is 12.5 Å². The first-order chi connectivity index (χ1) is 25.6. The van der Waals surface area contributed by atoms with Crippen LogP contribution in [-0.4, -0.2) is 68.5 Å². The molecule has 0 saturated carbocycles. The van der Waals surface area contributed by atoms with Crippen LogP contribution in [0.1, 0.15) is 94.1 Å². The Morgan fingerprint density at radius 3 is 2.49 bits per heavy atom. The highest BCUT2D eigenvalue weighted by Crippen LogP contribution is 2.39. The van der Waals surface area contributed by atoms with E-state index >= 15 is 0 Å². The number of hydrogen-bond donors (Lipinski definition) is 2. The molecule has 0 aliphatic carbocycles. The zero-order valence-electron chi connectivity index (χ0n) is 29.6. The summed E-state index contributed by atoms with van der Waals surface area (Å²) in [6.07, 6.45) is 4.61. The van der Waals surface area contributed by atoms with E-state index in [9.17, 15) is 24.0 Å². The molecule has 2 bridgehead atoms. The number of ether oxygens (including phenoxy) is 2. The van der Waals surface area contributed by atoms with Crippen LogP contribution in [0.3, 0.4) is 0 Å². The average molecular weight is 717 g/mol. The van der Waals surface area contributed by atoms with Crippen molar-refractivity contribution in [3.05, 3.63) is 113 Å². The molecule has 8 rings (SSSR count). The van der Waals surface area contributed by atoms with E-state index in [4.69, 9.17) is 9.47 Å². The van der Waals surface area contributed by atoms with Gasteiger partial charge in [0.2, 0.25) is 11.8 Å². The molecular weight excluding hydrogens is 676 g/mol. The number of ketones is 1. The van der Waals surface area contributed by atoms with Crippen LogP contribution in [0.2, 0.25) is 0 Å². The van der Waals surface area contributed by atoms with Crippen LogP contribution in [0.25, 0.3) is 0 Å². The zero-order chi connectivity index (χ0) is 37.1. The quantitative estimate of drug-likeness (QED) is 0.177. The number of aromatic nitrogens is 2. The van der Waals surface area contributed by atoms with Crippen LogP contribution in [0.5, 0.6) is 11.5 Å². The number of hydrogen-bond acceptors (Lipinski definition) is 11. The summed E-state index contributed by atoms with van der Waals surface area (Å²) in [4.78, 5) is 72.4. The molecule has 0 spiro atoms. The Morgan fingerprint density at radius 1 is 0.981 bits per heavy atom. The number of nitrogens with zero attached hydrogens (tertiary/aromatic N) is 4. The SMILES string of the molecule is CCC1(c2ccc(OCc3ccnc(C(C)=O)n3)cc2)CCc2ccc(cc2)OCCCN1Nc1ccc2c(c1)C(=O)N(C1CCC(=O)NC1=O)C2=O. The van der Waals surface area contributed by atoms with Gasteiger partial charge in [0, 0.05) is 31.8 Å². The molecule has 5 heterocycles. The molecule has 1 fully saturated rings. The van der Waals surface area contributed by atoms with E-state index in [-0.39, 0.29) is 42.2 Å². The number of hydrazine groups is 1. The van der Waals surface area contributed by atoms with Gasteiger partial charge in [-0.25, -0.2) is 15.0 Å². The molecule has 1 aromatic heterocycles. The van der Waals surface area contributed by atoms with Gasteiger partial charge in [0.1, 0.15) is 24.1 Å². The number of piperidine rings is 1. The van der Waals surface area contributed by atoms with Crippen molar-refractivity contribution in [3.8, 4) is 11.5 Å². The van der Waals surface area contributed by atoms with Crippen molar-refractivity contribution in [1.29, 1.82) is 0 Å². The van der Waals surface area contributed by atoms with Crippen molar-refractivity contribution in [1.82, 2.24) is 25.2 Å². The molecule has 2 N–H and O–H groups in total. The Balaban J connectivity index is 1.18. The van der Waals surface area contributed by atoms with Crippen LogP contribution in [0.15, 0.2) is 79.0 Å². The molecule has 13 nitrogen and oxygen atoms in total. The average Bonchev–Trinajstić information content (AvgIpc) is 3.41. The van der Waals surface area contributed by atoms with Crippen molar-refractivity contribution in [3.63, 3.8) is 0 Å². The summed E-state index contributed by atoms with van der Waals surface area (Å²) in [5.41, 5.74) is 6.90. The number of carbonyl (C=O) groups excluding carboxylic acids is 5. The van der Waals surface area contributed by atoms with E-state index in [1.54, 1.807) is 30.5 Å². The Hall–Kier alpha value is -5.95. The molecule has 2 unspecified atom stereocenters. The molecule has 4 amide bonds. The number of carbonyl (C=O) groups is 5. The number of amides is 4. The molecule has 2 atom stereocenters. The van der Waals surface area contributed by atoms with Crippen molar-refractivity contribution in [2.75, 3.05) is 18.6 Å². The second kappa shape index (κ2) is 15.0. The summed E-state index contributed by atoms with van der Waals surface area (Å²) in [7, 11) is 0. The van der Waals surface area contributed by atoms with Gasteiger partial charge < -0.3 is 14.9 Å². The molecule has 4 aromatic rings. The molecule has 13 heteroatoms. The fourth-order valence-electron chi connectivity index (χ4n) is 7.26. The second-order valence-electron chi connectivity index (χ2n) is 13.4. The summed E-state index contributed by atoms with van der Waals surface area (Å²) < 4.78 is 12.1. The number of rotatable bonds is 9. The third-order valence-corrected chi connectivity index (χ3v) is 10.2. The van der Waals surface area contributed by atoms with Gasteiger partial charge in [0.05, 0.1) is 29.0 Å². The van der Waals surface area contributed by atoms with Crippen LogP contribution in [0, 0.1) is 0 Å². The van der Waals surface area contributed by atoms with Crippen LogP contribution >= 0.6 is 0 Å². The van der Waals surface area contributed by atoms with Crippen LogP contribution in [0.4, 0.5) is 5.69 Å². The maximum absolute atomic E-state index is 13.7. The van der Waals surface area contributed by atoms with Crippen molar-refractivity contribution in [2.24, 2.45) is 0 Å². The van der Waals surface area contributed by atoms with Gasteiger partial charge in [-0.15, -0.1) is 0 Å². The standard InChI is InChI=1S/C40H40N6O7/c1-3-40(27-7-12-31(13-8-27)53-24-29-18-20-41-36(42-29)25(2)47)19-17-26-5-10-30(11-6-26)52-22-4-21-45(40)44-28-9-14-32-33(23-28)39(51)46(38(32)50)34-15-16-35(48)43-37(34)49/h5-14,18,20,23,34,44H,3-4,15-17,19,21-22,24H2,1-2H3,(H,43,48,49). The molecule has 3 aromatic carbocycles. The summed E-state index contributed by atoms with van der Waals surface area (Å²) in [5, 5.41) is 4.44. The Kier molecular flexibility index (Phi) is 10.0. The van der Waals surface area contributed by atoms with Crippen molar-refractivity contribution in [2.45, 2.75) is 70.6 Å². The van der Waals surface area contributed by atoms with E-state index in [1.807, 2.05) is 24.3 Å². The topological polar surface area (TPSA) is 160 Å². The van der Waals surface area contributed by atoms with Gasteiger partial charge in [-0.2, -0.15) is 0 Å². The zero-order valence-corrected chi connectivity index (χ0v) is 29.6. The monoisotopic (exact) mass is 716 g/mol. The minimum atomic E-state index is -1.04. The highest BCUT2D eigenvalue weighted by molar-refractivity contribution is 6.23. The predicted molar refractivity (Wildman–Crippen MR) is 193 cm³/mol. The van der Waals surface area contributed by atoms with Crippen LogP contribution < -0.4 is 20.2 Å². The summed E-state index contributed by atoms with van der Waals surface area (Å²) in [5.74, 6) is -0.800. The fourth-order valence-corrected chi connectivity index (χ4v) is 7.26. The minimum Gasteiger partial charge on any atom is -0.494 e. The number of imide groups is 2. The van der Waals surface area contributed by atoms with Gasteiger partial charge >= 0.3 is 0 Å². The molecule has 1 saturated heterocycles. The number of benzene rings is 3. The number of anilines is 1. The van der Waals surface area contributed by atoms with Crippen molar-refractivity contribution >= 4 is 35.1 Å². The number of nitrogens with one attached hydrogen (secondary N) is 2. The second-order valence-corrected chi connectivity index (χ2v) is 13.4. The smallest absolute Gasteiger partial charge is 0.262 e. The molecular formula is C40H40N6O7. The summed E-state index contributed by atoms with van der Waals surface area (Å²) >= 11 is 0. The minimum absolute atomic E-state index is 0.0510. The molecule has 272 valence electrons. The third kappa shape index (κ3) is 7.25. The number of aryl methyl sites for hydroxylation is 1. The van der Waals surface area contributed by atoms with Gasteiger partial charge in [0.25, 0.3) is 11.8 Å². The summed E-state index contributed by atoms with van der Waals surface area (Å²) in [6.45, 7) is 4.81. The van der Waals surface area contributed by atoms with E-state index < -0.39 is 35.2 Å². The molecule has 0 radical (unpaired) electrons. The number of fused-ring (bicyclic) bond motifs is 10. The number of Topliss-reactive ketones (excluding diaryl/α,β-unsaturated/α-hetero) is 1. The first-order valence-electron chi connectivity index (χ1n) is 17.8. The van der Waals surface area contributed by atoms with E-state index in [2.05, 4.69) is 56.9 Å². The van der Waals surface area contributed by atoms with Crippen molar-refractivity contribution < 1.29 is 33.4 Å². The van der Waals surface area contributed by atoms with E-state index in [0.717, 1.165) is 35.5 Å². The van der Waals surface area contributed by atoms with Gasteiger partial charge in [0.15, 0.2) is 11.6 Å². The Bertz CT molecular complexity index is 2070.